The van der Waals surface area contributed by atoms with E-state index in [1.165, 1.54) is 64.6 Å². The number of rotatable bonds is 10. The molecule has 3 heterocycles. The van der Waals surface area contributed by atoms with Gasteiger partial charge in [-0.3, -0.25) is 0 Å². The lowest BCUT2D eigenvalue weighted by Crippen LogP contribution is -1.99. The smallest absolute Gasteiger partial charge is 0.160 e. The molecule has 0 fully saturated rings. The molecule has 15 aromatic carbocycles. The number of aromatic nitrogens is 4. The molecule has 0 aliphatic rings. The molecule has 90 heavy (non-hydrogen) atoms. The van der Waals surface area contributed by atoms with Gasteiger partial charge in [0.25, 0.3) is 0 Å². The first kappa shape index (κ1) is 51.3. The summed E-state index contributed by atoms with van der Waals surface area (Å²) in [4.78, 5) is 22.1. The van der Waals surface area contributed by atoms with Crippen LogP contribution in [0.3, 0.4) is 0 Å². The van der Waals surface area contributed by atoms with Crippen LogP contribution in [-0.4, -0.2) is 19.9 Å². The maximum Gasteiger partial charge on any atom is 0.160 e. The topological polar surface area (TPSA) is 51.6 Å². The van der Waals surface area contributed by atoms with Gasteiger partial charge in [-0.1, -0.05) is 279 Å². The molecule has 0 N–H and O–H groups in total. The van der Waals surface area contributed by atoms with E-state index in [0.29, 0.717) is 5.82 Å². The summed E-state index contributed by atoms with van der Waals surface area (Å²) in [5.41, 5.74) is 20.3. The van der Waals surface area contributed by atoms with Gasteiger partial charge in [0, 0.05) is 44.3 Å². The van der Waals surface area contributed by atoms with Crippen molar-refractivity contribution in [1.82, 2.24) is 19.9 Å². The molecule has 0 saturated heterocycles. The summed E-state index contributed by atoms with van der Waals surface area (Å²) in [5, 5.41) is 15.8. The van der Waals surface area contributed by atoms with Crippen molar-refractivity contribution in [2.24, 2.45) is 0 Å². The predicted molar refractivity (Wildman–Crippen MR) is 377 cm³/mol. The van der Waals surface area contributed by atoms with Crippen molar-refractivity contribution in [3.05, 3.63) is 315 Å². The van der Waals surface area contributed by atoms with Crippen molar-refractivity contribution in [3.63, 3.8) is 0 Å². The van der Waals surface area contributed by atoms with Gasteiger partial charge in [0.2, 0.25) is 0 Å². The highest BCUT2D eigenvalue weighted by Crippen LogP contribution is 2.47. The van der Waals surface area contributed by atoms with Gasteiger partial charge in [0.1, 0.15) is 0 Å². The molecule has 0 saturated carbocycles. The van der Waals surface area contributed by atoms with Gasteiger partial charge in [0.05, 0.1) is 34.0 Å². The SMILES string of the molecule is c1ccc(-c2cc(-c3ccccc3)nc(-c3ccc(-c4nc(-c5ccc(-c6cc(-c7ccccc7)nc(-c7ccccc7)c6)cc5)c5cc(-c6ccc7ccc8cccc9ccc6c7c89)cc(-c6ccc7ccc8cccc9ccc6c7c89)c5n4)cc3)c2)cc1. The van der Waals surface area contributed by atoms with E-state index < -0.39 is 0 Å². The Balaban J connectivity index is 0.876. The first-order valence-electron chi connectivity index (χ1n) is 30.7. The number of hydrogen-bond acceptors (Lipinski definition) is 4. The van der Waals surface area contributed by atoms with Gasteiger partial charge in [-0.05, 0) is 140 Å². The number of hydrogen-bond donors (Lipinski definition) is 0. The van der Waals surface area contributed by atoms with Gasteiger partial charge in [-0.15, -0.1) is 0 Å². The Kier molecular flexibility index (Phi) is 11.9. The number of nitrogens with zero attached hydrogens (tertiary/aromatic N) is 4. The van der Waals surface area contributed by atoms with Crippen molar-refractivity contribution in [2.45, 2.75) is 0 Å². The van der Waals surface area contributed by atoms with Gasteiger partial charge >= 0.3 is 0 Å². The fourth-order valence-electron chi connectivity index (χ4n) is 14.0. The molecule has 0 amide bonds. The van der Waals surface area contributed by atoms with Gasteiger partial charge in [-0.25, -0.2) is 19.9 Å². The first-order valence-corrected chi connectivity index (χ1v) is 30.7. The summed E-state index contributed by atoms with van der Waals surface area (Å²) in [5.74, 6) is 0.632. The number of pyridine rings is 2. The molecule has 0 aliphatic carbocycles. The van der Waals surface area contributed by atoms with Crippen molar-refractivity contribution < 1.29 is 0 Å². The van der Waals surface area contributed by atoms with E-state index in [9.17, 15) is 0 Å². The highest BCUT2D eigenvalue weighted by molar-refractivity contribution is 6.28. The molecule has 0 aliphatic heterocycles. The maximum atomic E-state index is 5.80. The van der Waals surface area contributed by atoms with E-state index >= 15 is 0 Å². The third-order valence-electron chi connectivity index (χ3n) is 18.4. The van der Waals surface area contributed by atoms with Crippen molar-refractivity contribution in [3.8, 4) is 112 Å². The zero-order valence-electron chi connectivity index (χ0n) is 48.8. The van der Waals surface area contributed by atoms with Crippen LogP contribution in [0.25, 0.3) is 188 Å². The molecule has 0 radical (unpaired) electrons. The molecule has 0 atom stereocenters. The molecule has 416 valence electrons. The van der Waals surface area contributed by atoms with E-state index in [2.05, 4.69) is 309 Å². The lowest BCUT2D eigenvalue weighted by atomic mass is 9.86. The Morgan fingerprint density at radius 3 is 1.03 bits per heavy atom. The van der Waals surface area contributed by atoms with E-state index in [1.807, 2.05) is 6.07 Å². The highest BCUT2D eigenvalue weighted by Gasteiger charge is 2.23. The summed E-state index contributed by atoms with van der Waals surface area (Å²) in [6, 6.07) is 114. The summed E-state index contributed by atoms with van der Waals surface area (Å²) < 4.78 is 0. The Bertz CT molecular complexity index is 5640. The molecule has 0 bridgehead atoms. The predicted octanol–water partition coefficient (Wildman–Crippen LogP) is 22.9. The average Bonchev–Trinajstić information content (AvgIpc) is 0.768. The third-order valence-corrected chi connectivity index (χ3v) is 18.4. The molecule has 3 aromatic heterocycles. The Morgan fingerprint density at radius 1 is 0.178 bits per heavy atom. The normalized spacial score (nSPS) is 11.8. The molecule has 4 heteroatoms. The average molecular weight is 1140 g/mol. The van der Waals surface area contributed by atoms with Crippen LogP contribution in [0.5, 0.6) is 0 Å². The molecule has 4 nitrogen and oxygen atoms in total. The fourth-order valence-corrected chi connectivity index (χ4v) is 14.0. The fraction of sp³-hybridized carbons (Fsp3) is 0. The molecular formula is C86H52N4. The lowest BCUT2D eigenvalue weighted by molar-refractivity contribution is 1.23. The van der Waals surface area contributed by atoms with Crippen LogP contribution >= 0.6 is 0 Å². The van der Waals surface area contributed by atoms with Gasteiger partial charge in [0.15, 0.2) is 5.82 Å². The standard InChI is InChI=1S/C86H52N4/c1-5-15-53(16-6-1)67-49-76(55-17-7-2-8-18-55)88-79(50-67)58-29-37-66(38-30-58)86-89-84(65-35-27-54(28-36-65)68-51-77(56-19-9-3-10-20-56)87-78(52-68)57-21-11-4-12-22-57)75-48-69(70-43-39-63-33-31-59-23-13-25-61-41-45-72(70)82(63)80(59)61)47-74(85(75)90-86)71-44-40-64-34-32-60-24-14-26-62-42-46-73(71)83(64)81(60)62/h1-52H. The summed E-state index contributed by atoms with van der Waals surface area (Å²) in [6.07, 6.45) is 0. The second-order valence-electron chi connectivity index (χ2n) is 23.6. The highest BCUT2D eigenvalue weighted by atomic mass is 14.9. The van der Waals surface area contributed by atoms with Crippen molar-refractivity contribution in [1.29, 1.82) is 0 Å². The van der Waals surface area contributed by atoms with E-state index in [4.69, 9.17) is 19.9 Å². The second-order valence-corrected chi connectivity index (χ2v) is 23.6. The van der Waals surface area contributed by atoms with Crippen molar-refractivity contribution in [2.75, 3.05) is 0 Å². The first-order chi connectivity index (χ1) is 44.6. The Morgan fingerprint density at radius 2 is 0.544 bits per heavy atom. The van der Waals surface area contributed by atoms with Gasteiger partial charge in [-0.2, -0.15) is 0 Å². The monoisotopic (exact) mass is 1140 g/mol. The second kappa shape index (κ2) is 20.9. The molecular weight excluding hydrogens is 1090 g/mol. The minimum absolute atomic E-state index is 0.632. The summed E-state index contributed by atoms with van der Waals surface area (Å²) in [7, 11) is 0. The van der Waals surface area contributed by atoms with E-state index in [0.717, 1.165) is 117 Å². The van der Waals surface area contributed by atoms with Crippen LogP contribution in [0, 0.1) is 0 Å². The Hall–Kier alpha value is -12.0. The summed E-state index contributed by atoms with van der Waals surface area (Å²) in [6.45, 7) is 0. The molecule has 0 unspecified atom stereocenters. The maximum absolute atomic E-state index is 5.80. The molecule has 18 rings (SSSR count). The van der Waals surface area contributed by atoms with Crippen LogP contribution in [0.2, 0.25) is 0 Å². The zero-order chi connectivity index (χ0) is 59.2. The number of fused-ring (bicyclic) bond motifs is 1. The van der Waals surface area contributed by atoms with Crippen LogP contribution in [-0.2, 0) is 0 Å². The van der Waals surface area contributed by atoms with E-state index in [1.54, 1.807) is 0 Å². The summed E-state index contributed by atoms with van der Waals surface area (Å²) >= 11 is 0. The van der Waals surface area contributed by atoms with Crippen LogP contribution in [0.4, 0.5) is 0 Å². The molecule has 0 spiro atoms. The largest absolute Gasteiger partial charge is 0.248 e. The zero-order valence-corrected chi connectivity index (χ0v) is 48.8. The van der Waals surface area contributed by atoms with Crippen LogP contribution in [0.15, 0.2) is 315 Å². The van der Waals surface area contributed by atoms with Crippen LogP contribution < -0.4 is 0 Å². The van der Waals surface area contributed by atoms with Crippen LogP contribution in [0.1, 0.15) is 0 Å². The Labute approximate surface area is 520 Å². The number of benzene rings is 15. The minimum atomic E-state index is 0.632. The van der Waals surface area contributed by atoms with E-state index in [-0.39, 0.29) is 0 Å². The van der Waals surface area contributed by atoms with Gasteiger partial charge < -0.3 is 0 Å². The quantitative estimate of drug-likeness (QED) is 0.128. The van der Waals surface area contributed by atoms with Crippen molar-refractivity contribution >= 4 is 75.5 Å². The lowest BCUT2D eigenvalue weighted by Gasteiger charge is -2.19. The molecule has 18 aromatic rings. The minimum Gasteiger partial charge on any atom is -0.248 e. The third kappa shape index (κ3) is 8.68.